The lowest BCUT2D eigenvalue weighted by molar-refractivity contribution is 0.485. The average molecular weight is 211 g/mol. The van der Waals surface area contributed by atoms with Crippen LogP contribution in [0.5, 0.6) is 0 Å². The lowest BCUT2D eigenvalue weighted by atomic mass is 10.0. The summed E-state index contributed by atoms with van der Waals surface area (Å²) in [6.45, 7) is -0.437. The van der Waals surface area contributed by atoms with Gasteiger partial charge in [0.25, 0.3) is 0 Å². The molecule has 16 heavy (non-hydrogen) atoms. The minimum Gasteiger partial charge on any atom is -0.246 e. The van der Waals surface area contributed by atoms with Crippen molar-refractivity contribution in [1.82, 2.24) is 0 Å². The Hall–Kier alpha value is -2.14. The van der Waals surface area contributed by atoms with Crippen LogP contribution in [-0.4, -0.2) is 0 Å². The Labute approximate surface area is 93.8 Å². The Morgan fingerprint density at radius 1 is 0.875 bits per heavy atom. The maximum atomic E-state index is 12.3. The van der Waals surface area contributed by atoms with Gasteiger partial charge >= 0.3 is 0 Å². The molecule has 78 valence electrons. The van der Waals surface area contributed by atoms with Crippen LogP contribution in [0.3, 0.4) is 0 Å². The third kappa shape index (κ3) is 2.09. The zero-order chi connectivity index (χ0) is 11.4. The Morgan fingerprint density at radius 2 is 1.38 bits per heavy atom. The van der Waals surface area contributed by atoms with Gasteiger partial charge in [0.15, 0.2) is 0 Å². The van der Waals surface area contributed by atoms with Crippen molar-refractivity contribution in [2.75, 3.05) is 0 Å². The molecule has 2 heteroatoms. The van der Waals surface area contributed by atoms with Crippen molar-refractivity contribution in [1.29, 1.82) is 5.26 Å². The topological polar surface area (TPSA) is 23.8 Å². The zero-order valence-corrected chi connectivity index (χ0v) is 8.65. The molecule has 2 rings (SSSR count). The third-order valence-corrected chi connectivity index (χ3v) is 2.46. The van der Waals surface area contributed by atoms with Gasteiger partial charge in [-0.25, -0.2) is 4.39 Å². The highest BCUT2D eigenvalue weighted by Gasteiger charge is 1.98. The number of alkyl halides is 1. The highest BCUT2D eigenvalue weighted by Crippen LogP contribution is 2.20. The molecule has 0 aromatic heterocycles. The van der Waals surface area contributed by atoms with E-state index in [0.717, 1.165) is 11.1 Å². The van der Waals surface area contributed by atoms with E-state index in [2.05, 4.69) is 6.07 Å². The molecular weight excluding hydrogens is 201 g/mol. The first kappa shape index (κ1) is 10.4. The second-order valence-corrected chi connectivity index (χ2v) is 3.52. The van der Waals surface area contributed by atoms with Crippen molar-refractivity contribution < 1.29 is 4.39 Å². The first-order chi connectivity index (χ1) is 7.83. The number of rotatable bonds is 2. The zero-order valence-electron chi connectivity index (χ0n) is 8.65. The number of hydrogen-bond acceptors (Lipinski definition) is 1. The fourth-order valence-corrected chi connectivity index (χ4v) is 1.52. The molecule has 0 N–H and O–H groups in total. The van der Waals surface area contributed by atoms with E-state index in [-0.39, 0.29) is 0 Å². The van der Waals surface area contributed by atoms with Crippen LogP contribution in [0, 0.1) is 11.3 Å². The predicted octanol–water partition coefficient (Wildman–Crippen LogP) is 3.69. The van der Waals surface area contributed by atoms with Crippen LogP contribution in [0.15, 0.2) is 48.5 Å². The Balaban J connectivity index is 2.32. The summed E-state index contributed by atoms with van der Waals surface area (Å²) in [7, 11) is 0. The van der Waals surface area contributed by atoms with Crippen LogP contribution in [0.1, 0.15) is 11.1 Å². The molecule has 1 nitrogen and oxygen atoms in total. The highest BCUT2D eigenvalue weighted by molar-refractivity contribution is 5.64. The number of hydrogen-bond donors (Lipinski definition) is 0. The number of nitrogens with zero attached hydrogens (tertiary/aromatic N) is 1. The highest BCUT2D eigenvalue weighted by atomic mass is 19.1. The number of nitriles is 1. The monoisotopic (exact) mass is 211 g/mol. The van der Waals surface area contributed by atoms with Gasteiger partial charge in [-0.1, -0.05) is 36.4 Å². The van der Waals surface area contributed by atoms with Crippen molar-refractivity contribution in [3.8, 4) is 17.2 Å². The predicted molar refractivity (Wildman–Crippen MR) is 61.4 cm³/mol. The fourth-order valence-electron chi connectivity index (χ4n) is 1.52. The van der Waals surface area contributed by atoms with E-state index in [9.17, 15) is 4.39 Å². The number of benzene rings is 2. The first-order valence-corrected chi connectivity index (χ1v) is 4.99. The average Bonchev–Trinajstić information content (AvgIpc) is 2.39. The fraction of sp³-hybridized carbons (Fsp3) is 0.0714. The summed E-state index contributed by atoms with van der Waals surface area (Å²) in [6, 6.07) is 16.7. The largest absolute Gasteiger partial charge is 0.246 e. The minimum atomic E-state index is -0.437. The third-order valence-electron chi connectivity index (χ3n) is 2.46. The van der Waals surface area contributed by atoms with Gasteiger partial charge in [-0.15, -0.1) is 0 Å². The SMILES string of the molecule is N#Cc1ccc(-c2ccc(CF)cc2)cc1. The summed E-state index contributed by atoms with van der Waals surface area (Å²) in [5.74, 6) is 0. The molecule has 0 saturated heterocycles. The second-order valence-electron chi connectivity index (χ2n) is 3.52. The molecule has 0 fully saturated rings. The maximum Gasteiger partial charge on any atom is 0.115 e. The van der Waals surface area contributed by atoms with E-state index >= 15 is 0 Å². The van der Waals surface area contributed by atoms with E-state index in [0.29, 0.717) is 11.1 Å². The summed E-state index contributed by atoms with van der Waals surface area (Å²) < 4.78 is 12.3. The molecule has 0 aliphatic heterocycles. The molecule has 2 aromatic carbocycles. The molecular formula is C14H10FN. The molecule has 0 bridgehead atoms. The van der Waals surface area contributed by atoms with Gasteiger partial charge in [-0.2, -0.15) is 5.26 Å². The molecule has 0 heterocycles. The first-order valence-electron chi connectivity index (χ1n) is 4.99. The molecule has 0 aliphatic rings. The van der Waals surface area contributed by atoms with Gasteiger partial charge in [0, 0.05) is 0 Å². The van der Waals surface area contributed by atoms with Gasteiger partial charge in [0.1, 0.15) is 6.67 Å². The molecule has 0 aliphatic carbocycles. The van der Waals surface area contributed by atoms with Crippen LogP contribution >= 0.6 is 0 Å². The Bertz CT molecular complexity index is 506. The minimum absolute atomic E-state index is 0.437. The lowest BCUT2D eigenvalue weighted by Gasteiger charge is -2.02. The van der Waals surface area contributed by atoms with Crippen LogP contribution in [-0.2, 0) is 6.67 Å². The summed E-state index contributed by atoms with van der Waals surface area (Å²) in [4.78, 5) is 0. The van der Waals surface area contributed by atoms with E-state index < -0.39 is 6.67 Å². The molecule has 0 radical (unpaired) electrons. The maximum absolute atomic E-state index is 12.3. The van der Waals surface area contributed by atoms with Crippen molar-refractivity contribution >= 4 is 0 Å². The summed E-state index contributed by atoms with van der Waals surface area (Å²) in [5.41, 5.74) is 3.38. The van der Waals surface area contributed by atoms with Crippen molar-refractivity contribution in [2.24, 2.45) is 0 Å². The van der Waals surface area contributed by atoms with E-state index in [4.69, 9.17) is 5.26 Å². The molecule has 0 saturated carbocycles. The molecule has 0 atom stereocenters. The summed E-state index contributed by atoms with van der Waals surface area (Å²) >= 11 is 0. The van der Waals surface area contributed by atoms with E-state index in [1.54, 1.807) is 24.3 Å². The normalized spacial score (nSPS) is 9.75. The summed E-state index contributed by atoms with van der Waals surface area (Å²) in [6.07, 6.45) is 0. The Kier molecular flexibility index (Phi) is 2.98. The van der Waals surface area contributed by atoms with Crippen LogP contribution in [0.2, 0.25) is 0 Å². The molecule has 0 amide bonds. The van der Waals surface area contributed by atoms with Crippen molar-refractivity contribution in [3.05, 3.63) is 59.7 Å². The van der Waals surface area contributed by atoms with Gasteiger partial charge in [-0.3, -0.25) is 0 Å². The van der Waals surface area contributed by atoms with Crippen molar-refractivity contribution in [2.45, 2.75) is 6.67 Å². The molecule has 0 spiro atoms. The summed E-state index contributed by atoms with van der Waals surface area (Å²) in [5, 5.41) is 8.68. The van der Waals surface area contributed by atoms with E-state index in [1.165, 1.54) is 0 Å². The standard InChI is InChI=1S/C14H10FN/c15-9-11-1-5-13(6-2-11)14-7-3-12(10-16)4-8-14/h1-8H,9H2. The second kappa shape index (κ2) is 4.59. The van der Waals surface area contributed by atoms with Gasteiger partial charge in [0.05, 0.1) is 11.6 Å². The Morgan fingerprint density at radius 3 is 1.81 bits per heavy atom. The van der Waals surface area contributed by atoms with E-state index in [1.807, 2.05) is 24.3 Å². The molecule has 0 unspecified atom stereocenters. The molecule has 2 aromatic rings. The van der Waals surface area contributed by atoms with Crippen LogP contribution in [0.25, 0.3) is 11.1 Å². The number of halogens is 1. The van der Waals surface area contributed by atoms with Gasteiger partial charge < -0.3 is 0 Å². The van der Waals surface area contributed by atoms with Gasteiger partial charge in [-0.05, 0) is 28.8 Å². The van der Waals surface area contributed by atoms with Crippen molar-refractivity contribution in [3.63, 3.8) is 0 Å². The van der Waals surface area contributed by atoms with Crippen LogP contribution < -0.4 is 0 Å². The van der Waals surface area contributed by atoms with Gasteiger partial charge in [0.2, 0.25) is 0 Å². The lowest BCUT2D eigenvalue weighted by Crippen LogP contribution is -1.81. The van der Waals surface area contributed by atoms with Crippen LogP contribution in [0.4, 0.5) is 4.39 Å². The quantitative estimate of drug-likeness (QED) is 0.743. The smallest absolute Gasteiger partial charge is 0.115 e.